The number of aromatic amines is 2. The minimum atomic E-state index is -1.80. The van der Waals surface area contributed by atoms with Crippen molar-refractivity contribution in [1.82, 2.24) is 30.8 Å². The van der Waals surface area contributed by atoms with Gasteiger partial charge in [-0.05, 0) is 81.8 Å². The standard InChI is InChI=1S/C22H23Br4ClN10O4/c23-7-1-9(32-13(7)25)15(38)30-3-5-6(4-31-16(39)10-2-8(24)14(26)33-10)12(27)21-11(5)22(41)17(34-19(28)36-22)37(21)20(29)35-18(21)40/h1-2,5-6,11-12,17-18,32-33,40-41H,3-4H2,(H2,29,35)(H,30,38)(H,31,39)(H3,28,34,36)/t5-,6-,11+,12+,17-,18+,21+,22-/m0/s1. The molecule has 2 aromatic rings. The summed E-state index contributed by atoms with van der Waals surface area (Å²) in [6.45, 7) is 0.0527. The maximum absolute atomic E-state index is 13.1. The molecule has 220 valence electrons. The number of halogens is 5. The number of aliphatic hydroxyl groups is 2. The molecule has 11 N–H and O–H groups in total. The molecule has 1 saturated carbocycles. The van der Waals surface area contributed by atoms with Crippen LogP contribution < -0.4 is 27.4 Å². The Kier molecular flexibility index (Phi) is 7.22. The summed E-state index contributed by atoms with van der Waals surface area (Å²) in [6, 6.07) is 3.24. The molecule has 2 fully saturated rings. The Balaban J connectivity index is 1.35. The molecular weight excluding hydrogens is 823 g/mol. The van der Waals surface area contributed by atoms with E-state index in [9.17, 15) is 19.8 Å². The van der Waals surface area contributed by atoms with Crippen LogP contribution in [0.5, 0.6) is 0 Å². The van der Waals surface area contributed by atoms with Crippen molar-refractivity contribution in [2.75, 3.05) is 13.1 Å². The predicted molar refractivity (Wildman–Crippen MR) is 163 cm³/mol. The first-order valence-electron chi connectivity index (χ1n) is 12.2. The summed E-state index contributed by atoms with van der Waals surface area (Å²) in [5.74, 6) is -2.97. The zero-order chi connectivity index (χ0) is 29.6. The number of aliphatic hydroxyl groups excluding tert-OH is 1. The molecule has 6 rings (SSSR count). The lowest BCUT2D eigenvalue weighted by molar-refractivity contribution is -0.0560. The van der Waals surface area contributed by atoms with Gasteiger partial charge in [0.15, 0.2) is 30.0 Å². The molecule has 2 aromatic heterocycles. The number of aliphatic imine (C=N–C) groups is 2. The van der Waals surface area contributed by atoms with Crippen molar-refractivity contribution in [3.8, 4) is 0 Å². The summed E-state index contributed by atoms with van der Waals surface area (Å²) in [6.07, 6.45) is -2.44. The van der Waals surface area contributed by atoms with Crippen LogP contribution in [0, 0.1) is 17.8 Å². The Morgan fingerprint density at radius 3 is 2.05 bits per heavy atom. The molecule has 5 heterocycles. The molecule has 19 heteroatoms. The zero-order valence-electron chi connectivity index (χ0n) is 20.6. The summed E-state index contributed by atoms with van der Waals surface area (Å²) >= 11 is 20.6. The van der Waals surface area contributed by atoms with Crippen LogP contribution in [-0.4, -0.2) is 90.9 Å². The summed E-state index contributed by atoms with van der Waals surface area (Å²) in [5.41, 5.74) is 9.60. The molecule has 41 heavy (non-hydrogen) atoms. The number of guanidine groups is 2. The molecule has 0 aromatic carbocycles. The molecule has 4 aliphatic rings. The van der Waals surface area contributed by atoms with Gasteiger partial charge in [0.05, 0.1) is 23.5 Å². The minimum Gasteiger partial charge on any atom is -0.370 e. The third kappa shape index (κ3) is 4.19. The highest BCUT2D eigenvalue weighted by Gasteiger charge is 2.82. The van der Waals surface area contributed by atoms with Gasteiger partial charge in [-0.2, -0.15) is 0 Å². The molecular formula is C22H23Br4ClN10O4. The average molecular weight is 847 g/mol. The van der Waals surface area contributed by atoms with Crippen LogP contribution in [0.4, 0.5) is 0 Å². The van der Waals surface area contributed by atoms with Crippen LogP contribution in [-0.2, 0) is 0 Å². The number of hydrogen-bond acceptors (Lipinski definition) is 10. The van der Waals surface area contributed by atoms with Crippen molar-refractivity contribution >= 4 is 99.1 Å². The Morgan fingerprint density at radius 2 is 1.54 bits per heavy atom. The second-order valence-electron chi connectivity index (χ2n) is 10.3. The van der Waals surface area contributed by atoms with Crippen molar-refractivity contribution in [2.24, 2.45) is 39.2 Å². The van der Waals surface area contributed by atoms with Gasteiger partial charge < -0.3 is 52.5 Å². The number of nitrogens with zero attached hydrogens (tertiary/aromatic N) is 3. The van der Waals surface area contributed by atoms with Gasteiger partial charge in [0.2, 0.25) is 0 Å². The number of aromatic nitrogens is 2. The number of carbonyl (C=O) groups excluding carboxylic acids is 2. The van der Waals surface area contributed by atoms with Gasteiger partial charge in [-0.1, -0.05) is 0 Å². The summed E-state index contributed by atoms with van der Waals surface area (Å²) in [7, 11) is 0. The van der Waals surface area contributed by atoms with E-state index in [0.717, 1.165) is 0 Å². The molecule has 3 aliphatic heterocycles. The third-order valence-electron chi connectivity index (χ3n) is 8.26. The maximum atomic E-state index is 13.1. The number of fused-ring (bicyclic) bond motifs is 3. The molecule has 0 unspecified atom stereocenters. The number of carbonyl (C=O) groups is 2. The fourth-order valence-electron chi connectivity index (χ4n) is 6.75. The van der Waals surface area contributed by atoms with Gasteiger partial charge in [0.25, 0.3) is 11.8 Å². The van der Waals surface area contributed by atoms with Gasteiger partial charge in [0.1, 0.15) is 16.9 Å². The first-order valence-corrected chi connectivity index (χ1v) is 15.8. The Labute approximate surface area is 271 Å². The smallest absolute Gasteiger partial charge is 0.267 e. The van der Waals surface area contributed by atoms with Gasteiger partial charge in [0, 0.05) is 24.9 Å². The molecule has 8 atom stereocenters. The van der Waals surface area contributed by atoms with E-state index in [1.54, 1.807) is 12.1 Å². The van der Waals surface area contributed by atoms with Crippen LogP contribution in [0.2, 0.25) is 0 Å². The Morgan fingerprint density at radius 1 is 1.00 bits per heavy atom. The molecule has 0 radical (unpaired) electrons. The van der Waals surface area contributed by atoms with Crippen LogP contribution in [0.15, 0.2) is 40.3 Å². The van der Waals surface area contributed by atoms with Crippen molar-refractivity contribution in [2.45, 2.75) is 29.0 Å². The fourth-order valence-corrected chi connectivity index (χ4v) is 8.69. The lowest BCUT2D eigenvalue weighted by atomic mass is 9.77. The number of H-pyrrole nitrogens is 2. The van der Waals surface area contributed by atoms with Crippen LogP contribution in [0.3, 0.4) is 0 Å². The third-order valence-corrected chi connectivity index (χ3v) is 12.5. The lowest BCUT2D eigenvalue weighted by Gasteiger charge is -2.39. The SMILES string of the molecule is NC1=N[C@H]2N3C(N)=N[C@H](O)[C@@]34[C@H](Cl)[C@@H](CNC(=O)c3cc(Br)c(Br)[nH]3)[C@H](CNC(=O)c3cc(Br)c(Br)[nH]3)[C@H]4[C@@]2(O)N1. The quantitative estimate of drug-likeness (QED) is 0.188. The van der Waals surface area contributed by atoms with Crippen LogP contribution in [0.25, 0.3) is 0 Å². The van der Waals surface area contributed by atoms with E-state index in [-0.39, 0.29) is 30.7 Å². The second-order valence-corrected chi connectivity index (χ2v) is 14.0. The summed E-state index contributed by atoms with van der Waals surface area (Å²) < 4.78 is 2.54. The number of nitrogens with one attached hydrogen (secondary N) is 5. The Bertz CT molecular complexity index is 1480. The lowest BCUT2D eigenvalue weighted by Crippen LogP contribution is -2.61. The number of rotatable bonds is 6. The predicted octanol–water partition coefficient (Wildman–Crippen LogP) is 0.656. The van der Waals surface area contributed by atoms with Crippen LogP contribution in [0.1, 0.15) is 21.0 Å². The fraction of sp³-hybridized carbons (Fsp3) is 0.455. The van der Waals surface area contributed by atoms with Crippen molar-refractivity contribution in [1.29, 1.82) is 0 Å². The maximum Gasteiger partial charge on any atom is 0.267 e. The molecule has 0 bridgehead atoms. The van der Waals surface area contributed by atoms with Gasteiger partial charge in [-0.3, -0.25) is 9.59 Å². The highest BCUT2D eigenvalue weighted by Crippen LogP contribution is 2.63. The monoisotopic (exact) mass is 842 g/mol. The largest absolute Gasteiger partial charge is 0.370 e. The first-order chi connectivity index (χ1) is 19.3. The van der Waals surface area contributed by atoms with E-state index in [2.05, 4.69) is 99.6 Å². The summed E-state index contributed by atoms with van der Waals surface area (Å²) in [5, 5.41) is 31.1. The highest BCUT2D eigenvalue weighted by molar-refractivity contribution is 9.13. The molecule has 1 saturated heterocycles. The van der Waals surface area contributed by atoms with Crippen LogP contribution >= 0.6 is 75.3 Å². The Hall–Kier alpha value is -1.83. The number of hydrogen-bond donors (Lipinski definition) is 9. The van der Waals surface area contributed by atoms with Crippen molar-refractivity contribution < 1.29 is 19.8 Å². The second kappa shape index (κ2) is 10.1. The van der Waals surface area contributed by atoms with E-state index in [0.29, 0.717) is 23.8 Å². The molecule has 1 spiro atoms. The summed E-state index contributed by atoms with van der Waals surface area (Å²) in [4.78, 5) is 42.1. The van der Waals surface area contributed by atoms with Gasteiger partial charge >= 0.3 is 0 Å². The van der Waals surface area contributed by atoms with Crippen molar-refractivity contribution in [3.63, 3.8) is 0 Å². The van der Waals surface area contributed by atoms with E-state index in [1.165, 1.54) is 4.90 Å². The van der Waals surface area contributed by atoms with E-state index in [1.807, 2.05) is 0 Å². The van der Waals surface area contributed by atoms with E-state index < -0.39 is 58.6 Å². The topological polar surface area (TPSA) is 222 Å². The van der Waals surface area contributed by atoms with Crippen molar-refractivity contribution in [3.05, 3.63) is 41.7 Å². The molecule has 14 nitrogen and oxygen atoms in total. The molecule has 1 aliphatic carbocycles. The van der Waals surface area contributed by atoms with E-state index >= 15 is 0 Å². The highest BCUT2D eigenvalue weighted by atomic mass is 79.9. The van der Waals surface area contributed by atoms with Gasteiger partial charge in [-0.15, -0.1) is 11.6 Å². The average Bonchev–Trinajstić information content (AvgIpc) is 3.67. The first kappa shape index (κ1) is 29.3. The minimum absolute atomic E-state index is 0.0138. The zero-order valence-corrected chi connectivity index (χ0v) is 27.7. The van der Waals surface area contributed by atoms with E-state index in [4.69, 9.17) is 23.1 Å². The number of nitrogens with two attached hydrogens (primary N) is 2. The number of alkyl halides is 1. The number of amides is 2. The normalized spacial score (nSPS) is 35.0. The van der Waals surface area contributed by atoms with Gasteiger partial charge in [-0.25, -0.2) is 9.98 Å². The molecule has 2 amide bonds.